The number of nitrogens with one attached hydrogen (secondary N) is 1. The Kier molecular flexibility index (Phi) is 5.80. The van der Waals surface area contributed by atoms with E-state index in [1.165, 1.54) is 0 Å². The minimum atomic E-state index is -3.30. The molecule has 0 spiro atoms. The summed E-state index contributed by atoms with van der Waals surface area (Å²) in [5.74, 6) is 1.73. The SMILES string of the molecule is COc1cc2nccc(N3CCC(CN4CCCNS4(=O)=O)CC3)c2cc1OC. The molecule has 1 N–H and O–H groups in total. The van der Waals surface area contributed by atoms with Gasteiger partial charge in [0.15, 0.2) is 11.5 Å². The Morgan fingerprint density at radius 2 is 1.86 bits per heavy atom. The molecule has 158 valence electrons. The van der Waals surface area contributed by atoms with Gasteiger partial charge < -0.3 is 14.4 Å². The Morgan fingerprint density at radius 3 is 2.55 bits per heavy atom. The average molecular weight is 421 g/mol. The van der Waals surface area contributed by atoms with Gasteiger partial charge in [-0.2, -0.15) is 12.7 Å². The van der Waals surface area contributed by atoms with Gasteiger partial charge in [0.05, 0.1) is 19.7 Å². The fourth-order valence-corrected chi connectivity index (χ4v) is 5.60. The molecule has 29 heavy (non-hydrogen) atoms. The number of hydrogen-bond acceptors (Lipinski definition) is 6. The van der Waals surface area contributed by atoms with E-state index in [-0.39, 0.29) is 0 Å². The lowest BCUT2D eigenvalue weighted by Crippen LogP contribution is -2.49. The van der Waals surface area contributed by atoms with E-state index in [2.05, 4.69) is 14.6 Å². The number of anilines is 1. The Balaban J connectivity index is 1.49. The van der Waals surface area contributed by atoms with Gasteiger partial charge in [0.1, 0.15) is 0 Å². The molecule has 2 aromatic rings. The third kappa shape index (κ3) is 4.12. The summed E-state index contributed by atoms with van der Waals surface area (Å²) in [5.41, 5.74) is 1.99. The molecule has 0 saturated carbocycles. The molecule has 0 bridgehead atoms. The van der Waals surface area contributed by atoms with Crippen LogP contribution in [-0.2, 0) is 10.2 Å². The normalized spacial score (nSPS) is 20.7. The van der Waals surface area contributed by atoms with Crippen LogP contribution in [0.5, 0.6) is 11.5 Å². The zero-order valence-electron chi connectivity index (χ0n) is 16.9. The fraction of sp³-hybridized carbons (Fsp3) is 0.550. The van der Waals surface area contributed by atoms with Gasteiger partial charge in [0.2, 0.25) is 0 Å². The number of nitrogens with zero attached hydrogens (tertiary/aromatic N) is 3. The molecule has 0 unspecified atom stereocenters. The highest BCUT2D eigenvalue weighted by Gasteiger charge is 2.30. The third-order valence-corrected chi connectivity index (χ3v) is 7.43. The molecule has 3 heterocycles. The van der Waals surface area contributed by atoms with Crippen molar-refractivity contribution in [2.45, 2.75) is 19.3 Å². The van der Waals surface area contributed by atoms with Crippen molar-refractivity contribution in [2.24, 2.45) is 5.92 Å². The first-order valence-corrected chi connectivity index (χ1v) is 11.5. The molecule has 2 aliphatic rings. The van der Waals surface area contributed by atoms with Gasteiger partial charge in [0, 0.05) is 56.1 Å². The number of benzene rings is 1. The van der Waals surface area contributed by atoms with Crippen LogP contribution in [-0.4, -0.2) is 64.7 Å². The summed E-state index contributed by atoms with van der Waals surface area (Å²) in [4.78, 5) is 6.84. The zero-order valence-corrected chi connectivity index (χ0v) is 17.7. The standard InChI is InChI=1S/C20H28N4O4S/c1-27-19-12-16-17(13-20(19)28-2)21-8-4-18(16)23-10-5-15(6-11-23)14-24-9-3-7-22-29(24,25)26/h4,8,12-13,15,22H,3,5-7,9-11,14H2,1-2H3. The van der Waals surface area contributed by atoms with E-state index in [0.29, 0.717) is 37.1 Å². The molecule has 1 aromatic carbocycles. The summed E-state index contributed by atoms with van der Waals surface area (Å²) in [6.45, 7) is 3.54. The number of rotatable bonds is 5. The topological polar surface area (TPSA) is 84.0 Å². The van der Waals surface area contributed by atoms with Crippen molar-refractivity contribution >= 4 is 26.8 Å². The Bertz CT molecular complexity index is 974. The minimum Gasteiger partial charge on any atom is -0.493 e. The van der Waals surface area contributed by atoms with Crippen molar-refractivity contribution < 1.29 is 17.9 Å². The fourth-order valence-electron chi connectivity index (χ4n) is 4.24. The van der Waals surface area contributed by atoms with E-state index >= 15 is 0 Å². The summed E-state index contributed by atoms with van der Waals surface area (Å²) in [6, 6.07) is 5.92. The van der Waals surface area contributed by atoms with Crippen molar-refractivity contribution in [1.82, 2.24) is 14.0 Å². The van der Waals surface area contributed by atoms with Gasteiger partial charge in [-0.1, -0.05) is 0 Å². The lowest BCUT2D eigenvalue weighted by Gasteiger charge is -2.37. The Hall–Kier alpha value is -2.10. The molecule has 0 atom stereocenters. The maximum Gasteiger partial charge on any atom is 0.279 e. The number of methoxy groups -OCH3 is 2. The minimum absolute atomic E-state index is 0.378. The second-order valence-electron chi connectivity index (χ2n) is 7.60. The van der Waals surface area contributed by atoms with E-state index < -0.39 is 10.2 Å². The molecule has 4 rings (SSSR count). The molecule has 2 aliphatic heterocycles. The van der Waals surface area contributed by atoms with Crippen LogP contribution in [0.1, 0.15) is 19.3 Å². The largest absolute Gasteiger partial charge is 0.493 e. The second kappa shape index (κ2) is 8.33. The number of hydrogen-bond donors (Lipinski definition) is 1. The molecule has 1 aromatic heterocycles. The van der Waals surface area contributed by atoms with Crippen molar-refractivity contribution in [3.63, 3.8) is 0 Å². The second-order valence-corrected chi connectivity index (χ2v) is 9.35. The van der Waals surface area contributed by atoms with Crippen LogP contribution in [0.15, 0.2) is 24.4 Å². The van der Waals surface area contributed by atoms with Gasteiger partial charge >= 0.3 is 0 Å². The quantitative estimate of drug-likeness (QED) is 0.797. The number of aromatic nitrogens is 1. The molecule has 8 nitrogen and oxygen atoms in total. The van der Waals surface area contributed by atoms with Crippen molar-refractivity contribution in [3.05, 3.63) is 24.4 Å². The van der Waals surface area contributed by atoms with Crippen LogP contribution < -0.4 is 19.1 Å². The molecular weight excluding hydrogens is 392 g/mol. The molecule has 0 aliphatic carbocycles. The average Bonchev–Trinajstić information content (AvgIpc) is 2.74. The number of piperidine rings is 1. The zero-order chi connectivity index (χ0) is 20.4. The Morgan fingerprint density at radius 1 is 1.14 bits per heavy atom. The summed E-state index contributed by atoms with van der Waals surface area (Å²) >= 11 is 0. The van der Waals surface area contributed by atoms with Crippen molar-refractivity contribution in [2.75, 3.05) is 51.8 Å². The molecule has 2 saturated heterocycles. The number of pyridine rings is 1. The Labute approximate surface area is 172 Å². The van der Waals surface area contributed by atoms with E-state index in [4.69, 9.17) is 9.47 Å². The van der Waals surface area contributed by atoms with Gasteiger partial charge in [-0.05, 0) is 37.3 Å². The first-order chi connectivity index (χ1) is 14.0. The highest BCUT2D eigenvalue weighted by molar-refractivity contribution is 7.87. The van der Waals surface area contributed by atoms with Gasteiger partial charge in [-0.15, -0.1) is 0 Å². The van der Waals surface area contributed by atoms with E-state index in [1.807, 2.05) is 24.4 Å². The first kappa shape index (κ1) is 20.2. The summed E-state index contributed by atoms with van der Waals surface area (Å²) in [6.07, 6.45) is 4.61. The van der Waals surface area contributed by atoms with E-state index in [9.17, 15) is 8.42 Å². The van der Waals surface area contributed by atoms with Gasteiger partial charge in [-0.25, -0.2) is 4.72 Å². The molecule has 0 radical (unpaired) electrons. The third-order valence-electron chi connectivity index (χ3n) is 5.85. The lowest BCUT2D eigenvalue weighted by molar-refractivity contribution is 0.287. The van der Waals surface area contributed by atoms with Crippen LogP contribution in [0.3, 0.4) is 0 Å². The number of ether oxygens (including phenoxy) is 2. The molecule has 2 fully saturated rings. The monoisotopic (exact) mass is 420 g/mol. The van der Waals surface area contributed by atoms with E-state index in [1.54, 1.807) is 18.5 Å². The molecule has 9 heteroatoms. The van der Waals surface area contributed by atoms with Crippen LogP contribution in [0, 0.1) is 5.92 Å². The predicted octanol–water partition coefficient (Wildman–Crippen LogP) is 2.01. The van der Waals surface area contributed by atoms with Crippen LogP contribution in [0.2, 0.25) is 0 Å². The predicted molar refractivity (Wildman–Crippen MR) is 113 cm³/mol. The molecular formula is C20H28N4O4S. The maximum absolute atomic E-state index is 12.2. The smallest absolute Gasteiger partial charge is 0.279 e. The van der Waals surface area contributed by atoms with Gasteiger partial charge in [-0.3, -0.25) is 4.98 Å². The van der Waals surface area contributed by atoms with E-state index in [0.717, 1.165) is 48.9 Å². The van der Waals surface area contributed by atoms with Crippen LogP contribution >= 0.6 is 0 Å². The summed E-state index contributed by atoms with van der Waals surface area (Å²) in [7, 11) is -0.0410. The van der Waals surface area contributed by atoms with Crippen molar-refractivity contribution in [3.8, 4) is 11.5 Å². The number of fused-ring (bicyclic) bond motifs is 1. The lowest BCUT2D eigenvalue weighted by atomic mass is 9.96. The van der Waals surface area contributed by atoms with Gasteiger partial charge in [0.25, 0.3) is 10.2 Å². The first-order valence-electron chi connectivity index (χ1n) is 10.0. The summed E-state index contributed by atoms with van der Waals surface area (Å²) < 4.78 is 39.5. The molecule has 0 amide bonds. The maximum atomic E-state index is 12.2. The summed E-state index contributed by atoms with van der Waals surface area (Å²) in [5, 5.41) is 1.03. The van der Waals surface area contributed by atoms with Crippen LogP contribution in [0.4, 0.5) is 5.69 Å². The highest BCUT2D eigenvalue weighted by Crippen LogP contribution is 2.36. The van der Waals surface area contributed by atoms with Crippen molar-refractivity contribution in [1.29, 1.82) is 0 Å². The van der Waals surface area contributed by atoms with Crippen LogP contribution in [0.25, 0.3) is 10.9 Å². The highest BCUT2D eigenvalue weighted by atomic mass is 32.2.